The second kappa shape index (κ2) is 13.2. The van der Waals surface area contributed by atoms with Crippen molar-refractivity contribution in [3.05, 3.63) is 23.8 Å². The van der Waals surface area contributed by atoms with Crippen molar-refractivity contribution >= 4 is 24.1 Å². The average Bonchev–Trinajstić information content (AvgIpc) is 2.69. The van der Waals surface area contributed by atoms with E-state index >= 15 is 0 Å². The molecule has 1 N–H and O–H groups in total. The fraction of sp³-hybridized carbons (Fsp3) is 0.524. The molecule has 0 bridgehead atoms. The normalized spacial score (nSPS) is 12.3. The number of methoxy groups -OCH3 is 1. The number of esters is 3. The fourth-order valence-corrected chi connectivity index (χ4v) is 2.50. The van der Waals surface area contributed by atoms with E-state index < -0.39 is 36.2 Å². The van der Waals surface area contributed by atoms with Gasteiger partial charge in [0.15, 0.2) is 11.5 Å². The van der Waals surface area contributed by atoms with Crippen LogP contribution in [0.3, 0.4) is 0 Å². The van der Waals surface area contributed by atoms with Crippen LogP contribution in [0.1, 0.15) is 39.7 Å². The zero-order valence-electron chi connectivity index (χ0n) is 18.4. The molecule has 0 aliphatic heterocycles. The molecule has 0 saturated heterocycles. The molecule has 172 valence electrons. The first-order valence-corrected chi connectivity index (χ1v) is 9.80. The first-order valence-electron chi connectivity index (χ1n) is 9.80. The minimum absolute atomic E-state index is 0.0548. The van der Waals surface area contributed by atoms with E-state index in [0.717, 1.165) is 0 Å². The van der Waals surface area contributed by atoms with Crippen LogP contribution in [0.2, 0.25) is 0 Å². The van der Waals surface area contributed by atoms with Gasteiger partial charge in [-0.3, -0.25) is 14.4 Å². The Labute approximate surface area is 181 Å². The van der Waals surface area contributed by atoms with Gasteiger partial charge in [0, 0.05) is 20.4 Å². The van der Waals surface area contributed by atoms with Crippen LogP contribution in [0.4, 0.5) is 4.79 Å². The van der Waals surface area contributed by atoms with Crippen LogP contribution in [0.25, 0.3) is 0 Å². The predicted octanol–water partition coefficient (Wildman–Crippen LogP) is 2.16. The molecular formula is C21H29NO9. The van der Waals surface area contributed by atoms with E-state index in [1.54, 1.807) is 13.0 Å². The van der Waals surface area contributed by atoms with E-state index in [-0.39, 0.29) is 31.1 Å². The van der Waals surface area contributed by atoms with Crippen molar-refractivity contribution in [2.24, 2.45) is 0 Å². The Hall–Kier alpha value is -3.14. The van der Waals surface area contributed by atoms with Crippen molar-refractivity contribution in [1.82, 2.24) is 5.32 Å². The monoisotopic (exact) mass is 439 g/mol. The quantitative estimate of drug-likeness (QED) is 0.405. The van der Waals surface area contributed by atoms with Crippen molar-refractivity contribution in [2.75, 3.05) is 20.3 Å². The summed E-state index contributed by atoms with van der Waals surface area (Å²) in [5, 5.41) is 2.99. The molecule has 0 fully saturated rings. The Morgan fingerprint density at radius 1 is 1.03 bits per heavy atom. The molecule has 1 unspecified atom stereocenters. The van der Waals surface area contributed by atoms with Gasteiger partial charge in [0.05, 0.1) is 13.7 Å². The van der Waals surface area contributed by atoms with Crippen LogP contribution in [0.5, 0.6) is 11.5 Å². The Balaban J connectivity index is 2.86. The van der Waals surface area contributed by atoms with Crippen molar-refractivity contribution in [2.45, 2.75) is 52.7 Å². The highest BCUT2D eigenvalue weighted by Gasteiger charge is 2.22. The molecule has 1 aromatic rings. The van der Waals surface area contributed by atoms with E-state index in [1.165, 1.54) is 33.1 Å². The highest BCUT2D eigenvalue weighted by atomic mass is 16.7. The maximum atomic E-state index is 12.2. The van der Waals surface area contributed by atoms with Crippen LogP contribution in [-0.4, -0.2) is 56.5 Å². The van der Waals surface area contributed by atoms with E-state index in [4.69, 9.17) is 23.7 Å². The molecule has 10 nitrogen and oxygen atoms in total. The number of hydrogen-bond donors (Lipinski definition) is 1. The van der Waals surface area contributed by atoms with E-state index in [0.29, 0.717) is 12.0 Å². The van der Waals surface area contributed by atoms with Gasteiger partial charge >= 0.3 is 24.1 Å². The van der Waals surface area contributed by atoms with Gasteiger partial charge in [0.1, 0.15) is 12.1 Å². The molecule has 0 heterocycles. The number of nitrogens with one attached hydrogen (secondary N) is 1. The molecule has 10 heteroatoms. The van der Waals surface area contributed by atoms with Gasteiger partial charge in [-0.15, -0.1) is 0 Å². The lowest BCUT2D eigenvalue weighted by atomic mass is 10.0. The molecule has 0 aliphatic carbocycles. The van der Waals surface area contributed by atoms with Crippen LogP contribution in [-0.2, 0) is 35.0 Å². The summed E-state index contributed by atoms with van der Waals surface area (Å²) < 4.78 is 24.9. The number of carbonyl (C=O) groups excluding carboxylic acids is 4. The Morgan fingerprint density at radius 2 is 1.68 bits per heavy atom. The Morgan fingerprint density at radius 3 is 2.26 bits per heavy atom. The third-order valence-corrected chi connectivity index (χ3v) is 3.81. The second-order valence-corrected chi connectivity index (χ2v) is 6.68. The molecular weight excluding hydrogens is 410 g/mol. The van der Waals surface area contributed by atoms with Gasteiger partial charge in [0.2, 0.25) is 0 Å². The maximum Gasteiger partial charge on any atom is 0.508 e. The van der Waals surface area contributed by atoms with Crippen molar-refractivity contribution in [1.29, 1.82) is 0 Å². The molecule has 0 aromatic heterocycles. The number of ether oxygens (including phenoxy) is 5. The number of carbonyl (C=O) groups is 4. The zero-order valence-corrected chi connectivity index (χ0v) is 18.4. The van der Waals surface area contributed by atoms with Crippen LogP contribution in [0.15, 0.2) is 18.2 Å². The van der Waals surface area contributed by atoms with Gasteiger partial charge in [0.25, 0.3) is 0 Å². The summed E-state index contributed by atoms with van der Waals surface area (Å²) in [7, 11) is 1.26. The third kappa shape index (κ3) is 9.94. The van der Waals surface area contributed by atoms with Gasteiger partial charge in [-0.25, -0.2) is 4.79 Å². The van der Waals surface area contributed by atoms with Gasteiger partial charge in [-0.2, -0.15) is 0 Å². The predicted molar refractivity (Wildman–Crippen MR) is 109 cm³/mol. The molecule has 1 aromatic carbocycles. The molecule has 1 rings (SSSR count). The van der Waals surface area contributed by atoms with Gasteiger partial charge in [-0.05, 0) is 37.5 Å². The molecule has 0 radical (unpaired) electrons. The Bertz CT molecular complexity index is 778. The summed E-state index contributed by atoms with van der Waals surface area (Å²) in [4.78, 5) is 46.3. The van der Waals surface area contributed by atoms with Crippen LogP contribution >= 0.6 is 0 Å². The lowest BCUT2D eigenvalue weighted by Gasteiger charge is -2.20. The topological polar surface area (TPSA) is 126 Å². The minimum atomic E-state index is -0.780. The lowest BCUT2D eigenvalue weighted by molar-refractivity contribution is -0.143. The fourth-order valence-electron chi connectivity index (χ4n) is 2.50. The lowest BCUT2D eigenvalue weighted by Crippen LogP contribution is -2.43. The molecule has 0 amide bonds. The number of rotatable bonds is 11. The van der Waals surface area contributed by atoms with Gasteiger partial charge < -0.3 is 29.0 Å². The van der Waals surface area contributed by atoms with E-state index in [9.17, 15) is 19.2 Å². The third-order valence-electron chi connectivity index (χ3n) is 3.81. The highest BCUT2D eigenvalue weighted by Crippen LogP contribution is 2.29. The highest BCUT2D eigenvalue weighted by molar-refractivity contribution is 5.76. The zero-order chi connectivity index (χ0) is 23.4. The number of benzene rings is 1. The summed E-state index contributed by atoms with van der Waals surface area (Å²) in [6, 6.07) is 3.83. The second-order valence-electron chi connectivity index (χ2n) is 6.68. The summed E-state index contributed by atoms with van der Waals surface area (Å²) in [6.45, 7) is 6.40. The first kappa shape index (κ1) is 25.9. The molecule has 0 aliphatic rings. The summed E-state index contributed by atoms with van der Waals surface area (Å²) in [5.74, 6) is -1.55. The summed E-state index contributed by atoms with van der Waals surface area (Å²) in [6.07, 6.45) is -0.483. The SMILES string of the molecule is CCCOC(=O)OC(C)CN[C@@H](Cc1ccc(OC(C)=O)c(OC(C)=O)c1)C(=O)OC. The summed E-state index contributed by atoms with van der Waals surface area (Å²) in [5.41, 5.74) is 0.617. The minimum Gasteiger partial charge on any atom is -0.468 e. The van der Waals surface area contributed by atoms with Crippen molar-refractivity contribution < 1.29 is 42.9 Å². The standard InChI is InChI=1S/C21H29NO9/c1-6-9-28-21(26)29-13(2)12-22-17(20(25)27-5)10-16-7-8-18(30-14(3)23)19(11-16)31-15(4)24/h7-8,11,13,17,22H,6,9-10,12H2,1-5H3/t13?,17-/m0/s1. The molecule has 0 saturated carbocycles. The maximum absolute atomic E-state index is 12.2. The van der Waals surface area contributed by atoms with E-state index in [2.05, 4.69) is 5.32 Å². The van der Waals surface area contributed by atoms with E-state index in [1.807, 2.05) is 6.92 Å². The smallest absolute Gasteiger partial charge is 0.468 e. The molecule has 31 heavy (non-hydrogen) atoms. The van der Waals surface area contributed by atoms with Crippen LogP contribution < -0.4 is 14.8 Å². The summed E-state index contributed by atoms with van der Waals surface area (Å²) >= 11 is 0. The largest absolute Gasteiger partial charge is 0.508 e. The van der Waals surface area contributed by atoms with Crippen molar-refractivity contribution in [3.63, 3.8) is 0 Å². The van der Waals surface area contributed by atoms with Crippen molar-refractivity contribution in [3.8, 4) is 11.5 Å². The Kier molecular flexibility index (Phi) is 11.0. The molecule has 2 atom stereocenters. The van der Waals surface area contributed by atoms with Crippen LogP contribution in [0, 0.1) is 0 Å². The van der Waals surface area contributed by atoms with Gasteiger partial charge in [-0.1, -0.05) is 13.0 Å². The number of hydrogen-bond acceptors (Lipinski definition) is 10. The molecule has 0 spiro atoms. The first-order chi connectivity index (χ1) is 14.7. The average molecular weight is 439 g/mol.